The second-order valence-electron chi connectivity index (χ2n) is 10.0. The third kappa shape index (κ3) is 4.46. The molecule has 1 fully saturated rings. The summed E-state index contributed by atoms with van der Waals surface area (Å²) in [5, 5.41) is 8.34. The molecule has 2 aromatic carbocycles. The van der Waals surface area contributed by atoms with Gasteiger partial charge in [0.05, 0.1) is 29.7 Å². The lowest BCUT2D eigenvalue weighted by atomic mass is 9.95. The van der Waals surface area contributed by atoms with Crippen LogP contribution in [0.1, 0.15) is 60.7 Å². The van der Waals surface area contributed by atoms with Crippen LogP contribution < -0.4 is 5.32 Å². The monoisotopic (exact) mass is 511 g/mol. The van der Waals surface area contributed by atoms with Gasteiger partial charge in [0.25, 0.3) is 0 Å². The quantitative estimate of drug-likeness (QED) is 0.313. The maximum Gasteiger partial charge on any atom is 0.318 e. The Balaban J connectivity index is 1.50. The Bertz CT molecular complexity index is 1390. The standard InChI is InChI=1S/C30H33N5OS/c1-21-26-20-34(30(36)31-23-10-5-3-6-11-23)28(22-15-17-25(37-2)18-16-22)27-14-9-19-33(27)29(26)35(32-21)24-12-7-4-8-13-24/h4,7-9,12-19,23,28H,3,5-6,10-11,20H2,1-2H3,(H,31,36)/t28-/m1/s1. The summed E-state index contributed by atoms with van der Waals surface area (Å²) in [4.78, 5) is 17.3. The first-order valence-electron chi connectivity index (χ1n) is 13.2. The van der Waals surface area contributed by atoms with Crippen molar-refractivity contribution in [2.75, 3.05) is 6.26 Å². The van der Waals surface area contributed by atoms with Crippen LogP contribution in [0.2, 0.25) is 0 Å². The normalized spacial score (nSPS) is 17.7. The third-order valence-electron chi connectivity index (χ3n) is 7.71. The van der Waals surface area contributed by atoms with Crippen LogP contribution in [0.5, 0.6) is 0 Å². The minimum Gasteiger partial charge on any atom is -0.335 e. The van der Waals surface area contributed by atoms with Crippen LogP contribution in [0.25, 0.3) is 11.5 Å². The summed E-state index contributed by atoms with van der Waals surface area (Å²) in [5.74, 6) is 1.00. The van der Waals surface area contributed by atoms with E-state index in [0.29, 0.717) is 6.54 Å². The van der Waals surface area contributed by atoms with Gasteiger partial charge in [-0.1, -0.05) is 49.6 Å². The highest BCUT2D eigenvalue weighted by atomic mass is 32.2. The molecule has 6 rings (SSSR count). The molecule has 6 nitrogen and oxygen atoms in total. The molecule has 190 valence electrons. The fourth-order valence-electron chi connectivity index (χ4n) is 5.79. The molecule has 1 N–H and O–H groups in total. The molecule has 37 heavy (non-hydrogen) atoms. The van der Waals surface area contributed by atoms with Crippen LogP contribution in [-0.2, 0) is 6.54 Å². The molecule has 1 saturated carbocycles. The third-order valence-corrected chi connectivity index (χ3v) is 8.46. The van der Waals surface area contributed by atoms with E-state index in [1.165, 1.54) is 24.2 Å². The minimum absolute atomic E-state index is 0.00157. The molecule has 0 unspecified atom stereocenters. The van der Waals surface area contributed by atoms with Gasteiger partial charge in [-0.25, -0.2) is 9.48 Å². The van der Waals surface area contributed by atoms with Crippen molar-refractivity contribution in [2.45, 2.75) is 62.6 Å². The molecule has 2 aliphatic rings. The summed E-state index contributed by atoms with van der Waals surface area (Å²) in [6, 6.07) is 23.1. The second-order valence-corrected chi connectivity index (χ2v) is 10.9. The number of nitrogens with zero attached hydrogens (tertiary/aromatic N) is 4. The fraction of sp³-hybridized carbons (Fsp3) is 0.333. The first kappa shape index (κ1) is 23.9. The Labute approximate surface area is 222 Å². The highest BCUT2D eigenvalue weighted by molar-refractivity contribution is 7.98. The van der Waals surface area contributed by atoms with Gasteiger partial charge in [-0.2, -0.15) is 5.10 Å². The summed E-state index contributed by atoms with van der Waals surface area (Å²) < 4.78 is 4.24. The van der Waals surface area contributed by atoms with Gasteiger partial charge in [-0.3, -0.25) is 0 Å². The van der Waals surface area contributed by atoms with Crippen LogP contribution in [0, 0.1) is 6.92 Å². The van der Waals surface area contributed by atoms with E-state index in [4.69, 9.17) is 5.10 Å². The smallest absolute Gasteiger partial charge is 0.318 e. The predicted octanol–water partition coefficient (Wildman–Crippen LogP) is 6.64. The Morgan fingerprint density at radius 3 is 2.46 bits per heavy atom. The number of carbonyl (C=O) groups is 1. The SMILES string of the molecule is CSc1ccc([C@@H]2c3cccn3-c3c(c(C)nn3-c3ccccc3)CN2C(=O)NC2CCCCC2)cc1. The van der Waals surface area contributed by atoms with Crippen molar-refractivity contribution in [1.29, 1.82) is 0 Å². The zero-order valence-corrected chi connectivity index (χ0v) is 22.2. The molecule has 0 radical (unpaired) electrons. The Morgan fingerprint density at radius 2 is 1.73 bits per heavy atom. The van der Waals surface area contributed by atoms with Crippen LogP contribution >= 0.6 is 11.8 Å². The van der Waals surface area contributed by atoms with Crippen LogP contribution in [-0.4, -0.2) is 37.6 Å². The lowest BCUT2D eigenvalue weighted by molar-refractivity contribution is 0.173. The number of fused-ring (bicyclic) bond motifs is 3. The van der Waals surface area contributed by atoms with Gasteiger partial charge in [0.2, 0.25) is 0 Å². The number of hydrogen-bond acceptors (Lipinski definition) is 3. The highest BCUT2D eigenvalue weighted by Gasteiger charge is 2.36. The first-order valence-corrected chi connectivity index (χ1v) is 14.4. The van der Waals surface area contributed by atoms with Crippen molar-refractivity contribution < 1.29 is 4.79 Å². The van der Waals surface area contributed by atoms with Gasteiger partial charge >= 0.3 is 6.03 Å². The first-order chi connectivity index (χ1) is 18.1. The number of hydrogen-bond donors (Lipinski definition) is 1. The molecule has 0 bridgehead atoms. The van der Waals surface area contributed by atoms with Crippen molar-refractivity contribution in [3.8, 4) is 11.5 Å². The van der Waals surface area contributed by atoms with Crippen LogP contribution in [0.3, 0.4) is 0 Å². The number of rotatable bonds is 4. The number of amides is 2. The number of benzene rings is 2. The number of aryl methyl sites for hydroxylation is 1. The van der Waals surface area contributed by atoms with E-state index >= 15 is 0 Å². The van der Waals surface area contributed by atoms with Gasteiger partial charge in [-0.15, -0.1) is 11.8 Å². The average molecular weight is 512 g/mol. The summed E-state index contributed by atoms with van der Waals surface area (Å²) in [7, 11) is 0. The Kier molecular flexibility index (Phi) is 6.55. The van der Waals surface area contributed by atoms with Gasteiger partial charge in [-0.05, 0) is 68.0 Å². The predicted molar refractivity (Wildman–Crippen MR) is 149 cm³/mol. The molecule has 2 aromatic heterocycles. The molecular weight excluding hydrogens is 478 g/mol. The van der Waals surface area contributed by atoms with E-state index in [1.54, 1.807) is 11.8 Å². The maximum atomic E-state index is 14.0. The van der Waals surface area contributed by atoms with E-state index in [0.717, 1.165) is 46.9 Å². The van der Waals surface area contributed by atoms with Crippen molar-refractivity contribution in [1.82, 2.24) is 24.6 Å². The molecule has 1 aliphatic carbocycles. The molecule has 3 heterocycles. The van der Waals surface area contributed by atoms with Crippen molar-refractivity contribution in [3.63, 3.8) is 0 Å². The lowest BCUT2D eigenvalue weighted by Crippen LogP contribution is -2.46. The zero-order chi connectivity index (χ0) is 25.4. The summed E-state index contributed by atoms with van der Waals surface area (Å²) in [6.07, 6.45) is 9.92. The van der Waals surface area contributed by atoms with E-state index < -0.39 is 0 Å². The Hall–Kier alpha value is -3.45. The van der Waals surface area contributed by atoms with E-state index in [9.17, 15) is 4.79 Å². The topological polar surface area (TPSA) is 55.1 Å². The molecule has 7 heteroatoms. The lowest BCUT2D eigenvalue weighted by Gasteiger charge is -2.33. The summed E-state index contributed by atoms with van der Waals surface area (Å²) >= 11 is 1.73. The van der Waals surface area contributed by atoms with Crippen LogP contribution in [0.15, 0.2) is 77.8 Å². The molecule has 2 amide bonds. The summed E-state index contributed by atoms with van der Waals surface area (Å²) in [5.41, 5.74) is 5.19. The number of thioether (sulfide) groups is 1. The number of para-hydroxylation sites is 1. The van der Waals surface area contributed by atoms with Gasteiger partial charge in [0.1, 0.15) is 5.82 Å². The minimum atomic E-state index is -0.217. The molecule has 1 aliphatic heterocycles. The largest absolute Gasteiger partial charge is 0.335 e. The highest BCUT2D eigenvalue weighted by Crippen LogP contribution is 2.39. The molecule has 0 spiro atoms. The molecule has 4 aromatic rings. The van der Waals surface area contributed by atoms with Crippen molar-refractivity contribution in [3.05, 3.63) is 95.4 Å². The van der Waals surface area contributed by atoms with Gasteiger partial charge in [0.15, 0.2) is 0 Å². The maximum absolute atomic E-state index is 14.0. The summed E-state index contributed by atoms with van der Waals surface area (Å²) in [6.45, 7) is 2.54. The van der Waals surface area contributed by atoms with Crippen LogP contribution in [0.4, 0.5) is 4.79 Å². The van der Waals surface area contributed by atoms with E-state index in [-0.39, 0.29) is 18.1 Å². The second kappa shape index (κ2) is 10.1. The molecule has 0 saturated heterocycles. The van der Waals surface area contributed by atoms with E-state index in [1.807, 2.05) is 34.7 Å². The number of aromatic nitrogens is 3. The van der Waals surface area contributed by atoms with Crippen molar-refractivity contribution >= 4 is 17.8 Å². The van der Waals surface area contributed by atoms with Gasteiger partial charge < -0.3 is 14.8 Å². The number of nitrogens with one attached hydrogen (secondary N) is 1. The number of urea groups is 1. The van der Waals surface area contributed by atoms with E-state index in [2.05, 4.69) is 70.9 Å². The molecular formula is C30H33N5OS. The van der Waals surface area contributed by atoms with Crippen molar-refractivity contribution in [2.24, 2.45) is 0 Å². The molecule has 1 atom stereocenters. The number of carbonyl (C=O) groups excluding carboxylic acids is 1. The fourth-order valence-corrected chi connectivity index (χ4v) is 6.20. The zero-order valence-electron chi connectivity index (χ0n) is 21.4. The Morgan fingerprint density at radius 1 is 0.973 bits per heavy atom. The van der Waals surface area contributed by atoms with Gasteiger partial charge in [0, 0.05) is 22.7 Å². The average Bonchev–Trinajstić information content (AvgIpc) is 3.50.